The number of rotatable bonds is 4. The van der Waals surface area contributed by atoms with Crippen molar-refractivity contribution in [3.8, 4) is 0 Å². The number of aliphatic hydroxyl groups is 1. The van der Waals surface area contributed by atoms with Crippen LogP contribution in [0.25, 0.3) is 0 Å². The van der Waals surface area contributed by atoms with Crippen molar-refractivity contribution in [2.24, 2.45) is 5.41 Å². The van der Waals surface area contributed by atoms with Gasteiger partial charge in [-0.2, -0.15) is 0 Å². The van der Waals surface area contributed by atoms with Crippen molar-refractivity contribution >= 4 is 0 Å². The number of benzene rings is 1. The van der Waals surface area contributed by atoms with E-state index in [0.717, 1.165) is 30.4 Å². The number of aliphatic hydroxyl groups excluding tert-OH is 1. The Balaban J connectivity index is 2.55. The summed E-state index contributed by atoms with van der Waals surface area (Å²) in [7, 11) is 0. The highest BCUT2D eigenvalue weighted by molar-refractivity contribution is 5.28. The molecule has 0 amide bonds. The maximum absolute atomic E-state index is 12.9. The molecule has 0 bridgehead atoms. The lowest BCUT2D eigenvalue weighted by Crippen LogP contribution is -2.06. The molecule has 1 aromatic rings. The topological polar surface area (TPSA) is 20.2 Å². The highest BCUT2D eigenvalue weighted by atomic mass is 19.1. The molecule has 0 aromatic heterocycles. The van der Waals surface area contributed by atoms with Gasteiger partial charge in [0.1, 0.15) is 5.82 Å². The summed E-state index contributed by atoms with van der Waals surface area (Å²) in [5.74, 6) is -0.242. The average Bonchev–Trinajstić information content (AvgIpc) is 2.15. The molecule has 1 aromatic carbocycles. The van der Waals surface area contributed by atoms with E-state index in [1.165, 1.54) is 12.1 Å². The molecule has 0 heterocycles. The molecule has 0 aliphatic rings. The first-order valence-electron chi connectivity index (χ1n) is 6.24. The predicted octanol–water partition coefficient (Wildman–Crippen LogP) is 4.38. The lowest BCUT2D eigenvalue weighted by molar-refractivity contribution is 0.157. The van der Waals surface area contributed by atoms with E-state index in [1.54, 1.807) is 6.07 Å². The summed E-state index contributed by atoms with van der Waals surface area (Å²) in [5, 5.41) is 10.1. The fourth-order valence-corrected chi connectivity index (χ4v) is 1.99. The predicted molar refractivity (Wildman–Crippen MR) is 69.4 cm³/mol. The van der Waals surface area contributed by atoms with Crippen molar-refractivity contribution in [1.29, 1.82) is 0 Å². The molecule has 0 aliphatic heterocycles. The minimum absolute atomic E-state index is 0.242. The molecule has 1 rings (SSSR count). The monoisotopic (exact) mass is 238 g/mol. The van der Waals surface area contributed by atoms with Gasteiger partial charge in [0.2, 0.25) is 0 Å². The van der Waals surface area contributed by atoms with E-state index in [-0.39, 0.29) is 5.82 Å². The largest absolute Gasteiger partial charge is 0.388 e. The molecule has 1 nitrogen and oxygen atoms in total. The van der Waals surface area contributed by atoms with Gasteiger partial charge in [0.05, 0.1) is 6.10 Å². The average molecular weight is 238 g/mol. The molecule has 0 spiro atoms. The van der Waals surface area contributed by atoms with Crippen molar-refractivity contribution in [3.63, 3.8) is 0 Å². The third kappa shape index (κ3) is 4.86. The van der Waals surface area contributed by atoms with Crippen LogP contribution in [0, 0.1) is 18.2 Å². The molecule has 0 aliphatic carbocycles. The Labute approximate surface area is 104 Å². The molecular formula is C15H23FO. The summed E-state index contributed by atoms with van der Waals surface area (Å²) in [6, 6.07) is 4.57. The van der Waals surface area contributed by atoms with E-state index in [2.05, 4.69) is 20.8 Å². The van der Waals surface area contributed by atoms with Gasteiger partial charge in [0.15, 0.2) is 0 Å². The Morgan fingerprint density at radius 1 is 1.29 bits per heavy atom. The van der Waals surface area contributed by atoms with E-state index in [1.807, 2.05) is 6.92 Å². The number of halogens is 1. The Bertz CT molecular complexity index is 366. The normalized spacial score (nSPS) is 13.8. The smallest absolute Gasteiger partial charge is 0.123 e. The zero-order valence-electron chi connectivity index (χ0n) is 11.3. The second-order valence-corrected chi connectivity index (χ2v) is 5.97. The fraction of sp³-hybridized carbons (Fsp3) is 0.600. The molecular weight excluding hydrogens is 215 g/mol. The summed E-state index contributed by atoms with van der Waals surface area (Å²) in [6.45, 7) is 8.43. The lowest BCUT2D eigenvalue weighted by atomic mass is 9.88. The van der Waals surface area contributed by atoms with Gasteiger partial charge in [0.25, 0.3) is 0 Å². The summed E-state index contributed by atoms with van der Waals surface area (Å²) >= 11 is 0. The van der Waals surface area contributed by atoms with Crippen molar-refractivity contribution < 1.29 is 9.50 Å². The molecule has 17 heavy (non-hydrogen) atoms. The van der Waals surface area contributed by atoms with Crippen LogP contribution in [0.3, 0.4) is 0 Å². The Morgan fingerprint density at radius 2 is 1.94 bits per heavy atom. The molecule has 1 atom stereocenters. The summed E-state index contributed by atoms with van der Waals surface area (Å²) in [4.78, 5) is 0. The van der Waals surface area contributed by atoms with E-state index < -0.39 is 6.10 Å². The first-order chi connectivity index (χ1) is 7.79. The van der Waals surface area contributed by atoms with Gasteiger partial charge < -0.3 is 5.11 Å². The van der Waals surface area contributed by atoms with Crippen LogP contribution in [0.5, 0.6) is 0 Å². The van der Waals surface area contributed by atoms with Gasteiger partial charge >= 0.3 is 0 Å². The van der Waals surface area contributed by atoms with Crippen LogP contribution in [-0.2, 0) is 0 Å². The van der Waals surface area contributed by atoms with Crippen LogP contribution in [-0.4, -0.2) is 5.11 Å². The zero-order valence-corrected chi connectivity index (χ0v) is 11.3. The molecule has 1 unspecified atom stereocenters. The standard InChI is InChI=1S/C15H23FO/c1-11-10-12(16)7-8-13(11)14(17)6-5-9-15(2,3)4/h7-8,10,14,17H,5-6,9H2,1-4H3. The molecule has 0 saturated heterocycles. The van der Waals surface area contributed by atoms with Crippen molar-refractivity contribution in [2.45, 2.75) is 53.1 Å². The van der Waals surface area contributed by atoms with Gasteiger partial charge in [-0.15, -0.1) is 0 Å². The molecule has 2 heteroatoms. The van der Waals surface area contributed by atoms with Gasteiger partial charge in [-0.05, 0) is 48.4 Å². The van der Waals surface area contributed by atoms with E-state index in [9.17, 15) is 9.50 Å². The second kappa shape index (κ2) is 5.63. The van der Waals surface area contributed by atoms with Crippen LogP contribution >= 0.6 is 0 Å². The zero-order chi connectivity index (χ0) is 13.1. The third-order valence-corrected chi connectivity index (χ3v) is 3.00. The summed E-state index contributed by atoms with van der Waals surface area (Å²) in [6.07, 6.45) is 2.34. The first kappa shape index (κ1) is 14.2. The van der Waals surface area contributed by atoms with Crippen LogP contribution in [0.4, 0.5) is 4.39 Å². The fourth-order valence-electron chi connectivity index (χ4n) is 1.99. The molecule has 0 fully saturated rings. The minimum atomic E-state index is -0.474. The molecule has 96 valence electrons. The van der Waals surface area contributed by atoms with Crippen LogP contribution in [0.1, 0.15) is 57.3 Å². The Kier molecular flexibility index (Phi) is 4.70. The van der Waals surface area contributed by atoms with Crippen molar-refractivity contribution in [2.75, 3.05) is 0 Å². The molecule has 1 N–H and O–H groups in total. The van der Waals surface area contributed by atoms with Gasteiger partial charge in [-0.3, -0.25) is 0 Å². The van der Waals surface area contributed by atoms with E-state index >= 15 is 0 Å². The second-order valence-electron chi connectivity index (χ2n) is 5.97. The van der Waals surface area contributed by atoms with Gasteiger partial charge in [-0.25, -0.2) is 4.39 Å². The quantitative estimate of drug-likeness (QED) is 0.825. The number of hydrogen-bond donors (Lipinski definition) is 1. The summed E-state index contributed by atoms with van der Waals surface area (Å²) in [5.41, 5.74) is 1.98. The van der Waals surface area contributed by atoms with Gasteiger partial charge in [-0.1, -0.05) is 33.3 Å². The lowest BCUT2D eigenvalue weighted by Gasteiger charge is -2.19. The molecule has 0 saturated carbocycles. The van der Waals surface area contributed by atoms with Crippen molar-refractivity contribution in [3.05, 3.63) is 35.1 Å². The highest BCUT2D eigenvalue weighted by Gasteiger charge is 2.14. The number of hydrogen-bond acceptors (Lipinski definition) is 1. The van der Waals surface area contributed by atoms with Gasteiger partial charge in [0, 0.05) is 0 Å². The SMILES string of the molecule is Cc1cc(F)ccc1C(O)CCCC(C)(C)C. The first-order valence-corrected chi connectivity index (χ1v) is 6.24. The highest BCUT2D eigenvalue weighted by Crippen LogP contribution is 2.27. The summed E-state index contributed by atoms with van der Waals surface area (Å²) < 4.78 is 12.9. The Hall–Kier alpha value is -0.890. The number of aryl methyl sites for hydroxylation is 1. The van der Waals surface area contributed by atoms with Crippen molar-refractivity contribution in [1.82, 2.24) is 0 Å². The van der Waals surface area contributed by atoms with Crippen LogP contribution < -0.4 is 0 Å². The van der Waals surface area contributed by atoms with Crippen LogP contribution in [0.15, 0.2) is 18.2 Å². The maximum atomic E-state index is 12.9. The maximum Gasteiger partial charge on any atom is 0.123 e. The van der Waals surface area contributed by atoms with E-state index in [4.69, 9.17) is 0 Å². The van der Waals surface area contributed by atoms with Crippen LogP contribution in [0.2, 0.25) is 0 Å². The Morgan fingerprint density at radius 3 is 2.47 bits per heavy atom. The van der Waals surface area contributed by atoms with E-state index in [0.29, 0.717) is 5.41 Å². The molecule has 0 radical (unpaired) electrons. The third-order valence-electron chi connectivity index (χ3n) is 3.00. The minimum Gasteiger partial charge on any atom is -0.388 e.